The lowest BCUT2D eigenvalue weighted by Gasteiger charge is -2.14. The second kappa shape index (κ2) is 8.66. The Balaban J connectivity index is 2.57. The van der Waals surface area contributed by atoms with Crippen molar-refractivity contribution in [1.29, 1.82) is 0 Å². The summed E-state index contributed by atoms with van der Waals surface area (Å²) in [6, 6.07) is 4.02. The lowest BCUT2D eigenvalue weighted by atomic mass is 10.2. The average Bonchev–Trinajstić information content (AvgIpc) is 2.52. The number of rotatable bonds is 8. The highest BCUT2D eigenvalue weighted by Gasteiger charge is 2.15. The molecule has 1 aromatic rings. The Hall–Kier alpha value is -2.57. The Morgan fingerprint density at radius 1 is 1.36 bits per heavy atom. The van der Waals surface area contributed by atoms with Gasteiger partial charge in [0.05, 0.1) is 12.7 Å². The van der Waals surface area contributed by atoms with Crippen LogP contribution in [0.1, 0.15) is 24.2 Å². The van der Waals surface area contributed by atoms with E-state index >= 15 is 0 Å². The quantitative estimate of drug-likeness (QED) is 0.683. The smallest absolute Gasteiger partial charge is 0.258 e. The van der Waals surface area contributed by atoms with Crippen LogP contribution in [0.3, 0.4) is 0 Å². The predicted octanol–water partition coefficient (Wildman–Crippen LogP) is 0.527. The van der Waals surface area contributed by atoms with Crippen LogP contribution in [0, 0.1) is 0 Å². The van der Waals surface area contributed by atoms with Crippen molar-refractivity contribution < 1.29 is 23.9 Å². The van der Waals surface area contributed by atoms with Crippen LogP contribution >= 0.6 is 0 Å². The highest BCUT2D eigenvalue weighted by atomic mass is 16.5. The molecule has 0 saturated carbocycles. The van der Waals surface area contributed by atoms with Gasteiger partial charge in [-0.25, -0.2) is 0 Å². The monoisotopic (exact) mass is 308 g/mol. The maximum atomic E-state index is 11.7. The van der Waals surface area contributed by atoms with E-state index in [-0.39, 0.29) is 23.8 Å². The number of hydrogen-bond acceptors (Lipinski definition) is 5. The number of hydrogen-bond donors (Lipinski definition) is 2. The third-order valence-electron chi connectivity index (χ3n) is 2.82. The van der Waals surface area contributed by atoms with Gasteiger partial charge in [-0.15, -0.1) is 0 Å². The van der Waals surface area contributed by atoms with Gasteiger partial charge >= 0.3 is 0 Å². The van der Waals surface area contributed by atoms with Crippen LogP contribution in [0.5, 0.6) is 11.5 Å². The van der Waals surface area contributed by atoms with Crippen molar-refractivity contribution in [2.75, 3.05) is 20.3 Å². The highest BCUT2D eigenvalue weighted by molar-refractivity contribution is 5.88. The summed E-state index contributed by atoms with van der Waals surface area (Å²) in [4.78, 5) is 34.2. The zero-order valence-corrected chi connectivity index (χ0v) is 12.8. The lowest BCUT2D eigenvalue weighted by Crippen LogP contribution is -2.46. The summed E-state index contributed by atoms with van der Waals surface area (Å²) in [6.45, 7) is 3.56. The van der Waals surface area contributed by atoms with E-state index in [2.05, 4.69) is 10.6 Å². The van der Waals surface area contributed by atoms with Gasteiger partial charge in [0.25, 0.3) is 5.91 Å². The Labute approximate surface area is 129 Å². The Morgan fingerprint density at radius 3 is 2.68 bits per heavy atom. The first kappa shape index (κ1) is 17.5. The van der Waals surface area contributed by atoms with Crippen molar-refractivity contribution in [1.82, 2.24) is 10.6 Å². The second-order valence-electron chi connectivity index (χ2n) is 4.49. The first-order valence-electron chi connectivity index (χ1n) is 6.84. The van der Waals surface area contributed by atoms with Crippen LogP contribution in [-0.2, 0) is 9.59 Å². The van der Waals surface area contributed by atoms with Gasteiger partial charge in [0.15, 0.2) is 12.9 Å². The number of likely N-dealkylation sites (N-methyl/N-ethyl adjacent to an activating group) is 1. The zero-order valence-electron chi connectivity index (χ0n) is 12.8. The van der Waals surface area contributed by atoms with E-state index < -0.39 is 11.9 Å². The fourth-order valence-electron chi connectivity index (χ4n) is 1.70. The van der Waals surface area contributed by atoms with E-state index in [4.69, 9.17) is 9.47 Å². The number of aldehydes is 1. The van der Waals surface area contributed by atoms with Crippen molar-refractivity contribution in [3.63, 3.8) is 0 Å². The minimum atomic E-state index is -0.655. The molecule has 0 aromatic heterocycles. The van der Waals surface area contributed by atoms with Gasteiger partial charge in [-0.1, -0.05) is 0 Å². The minimum absolute atomic E-state index is 0.270. The molecule has 2 N–H and O–H groups in total. The first-order valence-corrected chi connectivity index (χ1v) is 6.84. The molecule has 0 saturated heterocycles. The van der Waals surface area contributed by atoms with Crippen molar-refractivity contribution in [2.24, 2.45) is 0 Å². The number of carbonyl (C=O) groups is 3. The van der Waals surface area contributed by atoms with Crippen LogP contribution < -0.4 is 20.1 Å². The summed E-state index contributed by atoms with van der Waals surface area (Å²) in [5, 5.41) is 5.11. The molecule has 0 heterocycles. The van der Waals surface area contributed by atoms with Gasteiger partial charge in [0.1, 0.15) is 17.5 Å². The largest absolute Gasteiger partial charge is 0.497 e. The Kier molecular flexibility index (Phi) is 6.88. The summed E-state index contributed by atoms with van der Waals surface area (Å²) < 4.78 is 10.3. The molecule has 0 fully saturated rings. The molecule has 0 aliphatic heterocycles. The van der Waals surface area contributed by atoms with E-state index in [0.29, 0.717) is 18.6 Å². The number of ether oxygens (including phenoxy) is 2. The standard InChI is InChI=1S/C15H20N2O5/c1-4-16-15(20)10(2)17-14(19)9-22-13-6-5-12(21-3)7-11(13)8-18/h5-8,10H,4,9H2,1-3H3,(H,16,20)(H,17,19)/t10-/m1/s1. The van der Waals surface area contributed by atoms with Gasteiger partial charge in [0, 0.05) is 6.54 Å². The third kappa shape index (κ3) is 5.08. The van der Waals surface area contributed by atoms with Crippen molar-refractivity contribution >= 4 is 18.1 Å². The van der Waals surface area contributed by atoms with E-state index in [0.717, 1.165) is 0 Å². The summed E-state index contributed by atoms with van der Waals surface area (Å²) >= 11 is 0. The maximum absolute atomic E-state index is 11.7. The molecule has 120 valence electrons. The molecule has 7 nitrogen and oxygen atoms in total. The van der Waals surface area contributed by atoms with Crippen molar-refractivity contribution in [2.45, 2.75) is 19.9 Å². The maximum Gasteiger partial charge on any atom is 0.258 e. The van der Waals surface area contributed by atoms with E-state index in [1.54, 1.807) is 26.0 Å². The minimum Gasteiger partial charge on any atom is -0.497 e. The second-order valence-corrected chi connectivity index (χ2v) is 4.49. The molecule has 22 heavy (non-hydrogen) atoms. The molecule has 0 unspecified atom stereocenters. The Bertz CT molecular complexity index is 545. The van der Waals surface area contributed by atoms with Gasteiger partial charge < -0.3 is 20.1 Å². The van der Waals surface area contributed by atoms with Gasteiger partial charge in [-0.3, -0.25) is 14.4 Å². The molecular weight excluding hydrogens is 288 g/mol. The summed E-state index contributed by atoms with van der Waals surface area (Å²) in [6.07, 6.45) is 0.618. The van der Waals surface area contributed by atoms with Crippen molar-refractivity contribution in [3.05, 3.63) is 23.8 Å². The average molecular weight is 308 g/mol. The molecule has 1 atom stereocenters. The molecule has 1 aromatic carbocycles. The normalized spacial score (nSPS) is 11.2. The fraction of sp³-hybridized carbons (Fsp3) is 0.400. The van der Waals surface area contributed by atoms with Gasteiger partial charge in [-0.05, 0) is 32.0 Å². The molecule has 0 aliphatic carbocycles. The third-order valence-corrected chi connectivity index (χ3v) is 2.82. The zero-order chi connectivity index (χ0) is 16.5. The number of amides is 2. The van der Waals surface area contributed by atoms with Crippen LogP contribution in [0.15, 0.2) is 18.2 Å². The lowest BCUT2D eigenvalue weighted by molar-refractivity contribution is -0.129. The Morgan fingerprint density at radius 2 is 2.09 bits per heavy atom. The topological polar surface area (TPSA) is 93.7 Å². The highest BCUT2D eigenvalue weighted by Crippen LogP contribution is 2.22. The van der Waals surface area contributed by atoms with E-state index in [1.807, 2.05) is 0 Å². The molecule has 0 spiro atoms. The molecule has 2 amide bonds. The van der Waals surface area contributed by atoms with Crippen LogP contribution in [0.4, 0.5) is 0 Å². The van der Waals surface area contributed by atoms with Crippen molar-refractivity contribution in [3.8, 4) is 11.5 Å². The first-order chi connectivity index (χ1) is 10.5. The van der Waals surface area contributed by atoms with Crippen LogP contribution in [0.2, 0.25) is 0 Å². The fourth-order valence-corrected chi connectivity index (χ4v) is 1.70. The number of nitrogens with one attached hydrogen (secondary N) is 2. The SMILES string of the molecule is CCNC(=O)[C@@H](C)NC(=O)COc1ccc(OC)cc1C=O. The van der Waals surface area contributed by atoms with Crippen LogP contribution in [0.25, 0.3) is 0 Å². The molecule has 0 aliphatic rings. The van der Waals surface area contributed by atoms with E-state index in [9.17, 15) is 14.4 Å². The molecular formula is C15H20N2O5. The number of methoxy groups -OCH3 is 1. The van der Waals surface area contributed by atoms with Gasteiger partial charge in [0.2, 0.25) is 5.91 Å². The molecule has 1 rings (SSSR count). The molecule has 0 bridgehead atoms. The summed E-state index contributed by atoms with van der Waals surface area (Å²) in [5.74, 6) is 0.0701. The summed E-state index contributed by atoms with van der Waals surface area (Å²) in [5.41, 5.74) is 0.281. The molecule has 0 radical (unpaired) electrons. The van der Waals surface area contributed by atoms with E-state index in [1.165, 1.54) is 13.2 Å². The molecule has 7 heteroatoms. The predicted molar refractivity (Wildman–Crippen MR) is 80.2 cm³/mol. The van der Waals surface area contributed by atoms with Gasteiger partial charge in [-0.2, -0.15) is 0 Å². The number of carbonyl (C=O) groups excluding carboxylic acids is 3. The number of benzene rings is 1. The summed E-state index contributed by atoms with van der Waals surface area (Å²) in [7, 11) is 1.49. The van der Waals surface area contributed by atoms with Crippen LogP contribution in [-0.4, -0.2) is 44.4 Å².